The Morgan fingerprint density at radius 2 is 1.17 bits per heavy atom. The molecular weight excluding hydrogens is 367 g/mol. The molecule has 0 aliphatic carbocycles. The third-order valence-electron chi connectivity index (χ3n) is 4.38. The Labute approximate surface area is 145 Å². The molecule has 3 aromatic rings. The molecule has 0 spiro atoms. The van der Waals surface area contributed by atoms with Crippen LogP contribution < -0.4 is 15.9 Å². The van der Waals surface area contributed by atoms with Crippen LogP contribution in [-0.2, 0) is 0 Å². The molecular formula is C20H18BrOP. The Morgan fingerprint density at radius 1 is 0.739 bits per heavy atom. The summed E-state index contributed by atoms with van der Waals surface area (Å²) in [4.78, 5) is 11.7. The van der Waals surface area contributed by atoms with E-state index in [0.29, 0.717) is 0 Å². The molecule has 0 bridgehead atoms. The maximum absolute atomic E-state index is 11.7. The molecule has 0 amide bonds. The predicted molar refractivity (Wildman–Crippen MR) is 105 cm³/mol. The molecule has 0 saturated heterocycles. The van der Waals surface area contributed by atoms with Gasteiger partial charge in [0.25, 0.3) is 0 Å². The molecule has 0 aliphatic rings. The van der Waals surface area contributed by atoms with Crippen molar-refractivity contribution in [3.8, 4) is 0 Å². The van der Waals surface area contributed by atoms with Gasteiger partial charge in [-0.1, -0.05) is 0 Å². The number of hydrogen-bond donors (Lipinski definition) is 0. The first-order chi connectivity index (χ1) is 11.1. The van der Waals surface area contributed by atoms with Gasteiger partial charge in [0.05, 0.1) is 0 Å². The van der Waals surface area contributed by atoms with E-state index in [1.165, 1.54) is 10.6 Å². The molecule has 3 rings (SSSR count). The van der Waals surface area contributed by atoms with Gasteiger partial charge in [-0.25, -0.2) is 0 Å². The van der Waals surface area contributed by atoms with Crippen molar-refractivity contribution >= 4 is 43.0 Å². The van der Waals surface area contributed by atoms with Gasteiger partial charge in [0, 0.05) is 0 Å². The van der Waals surface area contributed by atoms with E-state index in [0.717, 1.165) is 17.2 Å². The zero-order valence-electron chi connectivity index (χ0n) is 12.9. The SMILES string of the molecule is CP(Br)(c1ccccc1)(c1ccccc1)c1ccccc1C=O. The van der Waals surface area contributed by atoms with Gasteiger partial charge < -0.3 is 0 Å². The van der Waals surface area contributed by atoms with E-state index in [-0.39, 0.29) is 0 Å². The molecule has 0 saturated carbocycles. The van der Waals surface area contributed by atoms with E-state index >= 15 is 0 Å². The summed E-state index contributed by atoms with van der Waals surface area (Å²) in [5, 5.41) is 0.612. The summed E-state index contributed by atoms with van der Waals surface area (Å²) in [5.74, 6) is 0. The quantitative estimate of drug-likeness (QED) is 0.484. The zero-order chi connectivity index (χ0) is 16.4. The summed E-state index contributed by atoms with van der Waals surface area (Å²) in [5.41, 5.74) is 0.734. The van der Waals surface area contributed by atoms with E-state index in [9.17, 15) is 4.79 Å². The van der Waals surface area contributed by atoms with Gasteiger partial charge in [0.2, 0.25) is 0 Å². The standard InChI is InChI=1S/C20H18BrOP/c1-23(21,18-11-4-2-5-12-18,19-13-6-3-7-14-19)20-15-9-8-10-17(20)16-22/h2-16H,1H3. The van der Waals surface area contributed by atoms with Gasteiger partial charge in [-0.3, -0.25) is 0 Å². The molecule has 23 heavy (non-hydrogen) atoms. The van der Waals surface area contributed by atoms with Crippen molar-refractivity contribution in [2.24, 2.45) is 0 Å². The molecule has 0 aromatic heterocycles. The van der Waals surface area contributed by atoms with Crippen LogP contribution in [0.15, 0.2) is 84.9 Å². The Morgan fingerprint density at radius 3 is 1.65 bits per heavy atom. The summed E-state index contributed by atoms with van der Waals surface area (Å²) in [6.45, 7) is 2.25. The van der Waals surface area contributed by atoms with Crippen LogP contribution in [0.2, 0.25) is 0 Å². The molecule has 0 N–H and O–H groups in total. The summed E-state index contributed by atoms with van der Waals surface area (Å²) < 4.78 is 0. The zero-order valence-corrected chi connectivity index (χ0v) is 15.4. The molecule has 116 valence electrons. The molecule has 0 heterocycles. The minimum absolute atomic E-state index is 0.734. The first kappa shape index (κ1) is 16.1. The van der Waals surface area contributed by atoms with Crippen LogP contribution in [0.4, 0.5) is 0 Å². The molecule has 0 radical (unpaired) electrons. The fourth-order valence-corrected chi connectivity index (χ4v) is 9.25. The van der Waals surface area contributed by atoms with Crippen molar-refractivity contribution in [2.45, 2.75) is 0 Å². The fourth-order valence-electron chi connectivity index (χ4n) is 3.06. The van der Waals surface area contributed by atoms with Crippen LogP contribution in [0.25, 0.3) is 0 Å². The van der Waals surface area contributed by atoms with Crippen LogP contribution in [0.1, 0.15) is 10.4 Å². The molecule has 3 aromatic carbocycles. The number of carbonyl (C=O) groups excluding carboxylic acids is 1. The Bertz CT molecular complexity index is 785. The van der Waals surface area contributed by atoms with Crippen molar-refractivity contribution in [2.75, 3.05) is 6.66 Å². The summed E-state index contributed by atoms with van der Waals surface area (Å²) in [6, 6.07) is 28.7. The summed E-state index contributed by atoms with van der Waals surface area (Å²) >= 11 is 4.18. The van der Waals surface area contributed by atoms with Gasteiger partial charge in [-0.2, -0.15) is 0 Å². The van der Waals surface area contributed by atoms with Crippen LogP contribution in [-0.4, -0.2) is 13.0 Å². The van der Waals surface area contributed by atoms with Gasteiger partial charge in [0.15, 0.2) is 0 Å². The molecule has 0 unspecified atom stereocenters. The monoisotopic (exact) mass is 384 g/mol. The summed E-state index contributed by atoms with van der Waals surface area (Å²) in [6.07, 6.45) is 0.952. The first-order valence-electron chi connectivity index (χ1n) is 7.46. The molecule has 0 fully saturated rings. The van der Waals surface area contributed by atoms with Gasteiger partial charge >= 0.3 is 145 Å². The predicted octanol–water partition coefficient (Wildman–Crippen LogP) is 4.27. The second kappa shape index (κ2) is 6.03. The van der Waals surface area contributed by atoms with E-state index < -0.39 is 5.31 Å². The van der Waals surface area contributed by atoms with Gasteiger partial charge in [-0.15, -0.1) is 0 Å². The number of carbonyl (C=O) groups is 1. The van der Waals surface area contributed by atoms with E-state index in [4.69, 9.17) is 0 Å². The van der Waals surface area contributed by atoms with Gasteiger partial charge in [0.1, 0.15) is 0 Å². The fraction of sp³-hybridized carbons (Fsp3) is 0.0500. The average molecular weight is 385 g/mol. The van der Waals surface area contributed by atoms with Crippen molar-refractivity contribution < 1.29 is 4.79 Å². The average Bonchev–Trinajstić information content (AvgIpc) is 2.63. The molecule has 1 nitrogen and oxygen atoms in total. The Balaban J connectivity index is 2.43. The van der Waals surface area contributed by atoms with E-state index in [1.807, 2.05) is 54.6 Å². The third kappa shape index (κ3) is 2.56. The van der Waals surface area contributed by atoms with Crippen LogP contribution in [0, 0.1) is 0 Å². The minimum atomic E-state index is -2.86. The Hall–Kier alpha value is -1.76. The van der Waals surface area contributed by atoms with Gasteiger partial charge in [-0.05, 0) is 0 Å². The first-order valence-corrected chi connectivity index (χ1v) is 12.2. The second-order valence-electron chi connectivity index (χ2n) is 5.78. The Kier molecular flexibility index (Phi) is 4.23. The molecule has 0 atom stereocenters. The van der Waals surface area contributed by atoms with Crippen LogP contribution in [0.3, 0.4) is 0 Å². The van der Waals surface area contributed by atoms with E-state index in [1.54, 1.807) is 0 Å². The van der Waals surface area contributed by atoms with Crippen LogP contribution in [0.5, 0.6) is 0 Å². The number of hydrogen-bond acceptors (Lipinski definition) is 1. The summed E-state index contributed by atoms with van der Waals surface area (Å²) in [7, 11) is 0. The molecule has 3 heteroatoms. The second-order valence-corrected chi connectivity index (χ2v) is 15.5. The number of rotatable bonds is 4. The van der Waals surface area contributed by atoms with Crippen molar-refractivity contribution in [3.63, 3.8) is 0 Å². The van der Waals surface area contributed by atoms with E-state index in [2.05, 4.69) is 52.5 Å². The maximum atomic E-state index is 11.7. The topological polar surface area (TPSA) is 17.1 Å². The van der Waals surface area contributed by atoms with Crippen molar-refractivity contribution in [1.82, 2.24) is 0 Å². The van der Waals surface area contributed by atoms with Crippen molar-refractivity contribution in [1.29, 1.82) is 0 Å². The van der Waals surface area contributed by atoms with Crippen LogP contribution >= 0.6 is 20.8 Å². The third-order valence-corrected chi connectivity index (χ3v) is 12.6. The number of halogens is 1. The molecule has 0 aliphatic heterocycles. The van der Waals surface area contributed by atoms with Crippen molar-refractivity contribution in [3.05, 3.63) is 90.5 Å². The number of benzene rings is 3. The normalized spacial score (nSPS) is 13.0. The number of aldehydes is 1.